The third-order valence-corrected chi connectivity index (χ3v) is 8.70. The van der Waals surface area contributed by atoms with Crippen LogP contribution in [0.15, 0.2) is 77.7 Å². The predicted octanol–water partition coefficient (Wildman–Crippen LogP) is 4.51. The zero-order chi connectivity index (χ0) is 22.8. The van der Waals surface area contributed by atoms with Gasteiger partial charge in [-0.25, -0.2) is 8.42 Å². The van der Waals surface area contributed by atoms with Crippen molar-refractivity contribution in [1.82, 2.24) is 14.5 Å². The molecule has 1 N–H and O–H groups in total. The minimum absolute atomic E-state index is 0.0928. The molecule has 0 unspecified atom stereocenters. The molecule has 1 fully saturated rings. The van der Waals surface area contributed by atoms with Gasteiger partial charge in [0.25, 0.3) is 5.91 Å². The van der Waals surface area contributed by atoms with E-state index in [4.69, 9.17) is 0 Å². The Hall–Kier alpha value is -3.14. The number of hydrogen-bond acceptors (Lipinski definition) is 6. The number of carbonyl (C=O) groups excluding carboxylic acids is 1. The summed E-state index contributed by atoms with van der Waals surface area (Å²) in [5, 5.41) is 13.9. The Morgan fingerprint density at radius 3 is 2.55 bits per heavy atom. The second-order valence-electron chi connectivity index (χ2n) is 7.98. The van der Waals surface area contributed by atoms with E-state index < -0.39 is 10.0 Å². The van der Waals surface area contributed by atoms with Crippen LogP contribution in [0, 0.1) is 0 Å². The Bertz CT molecular complexity index is 1400. The molecule has 1 aliphatic rings. The lowest BCUT2D eigenvalue weighted by Gasteiger charge is -2.30. The minimum atomic E-state index is -3.63. The van der Waals surface area contributed by atoms with E-state index in [9.17, 15) is 13.2 Å². The van der Waals surface area contributed by atoms with E-state index in [1.165, 1.54) is 15.6 Å². The molecule has 4 aromatic rings. The Morgan fingerprint density at radius 1 is 0.970 bits per heavy atom. The number of carbonyl (C=O) groups is 1. The molecule has 2 heterocycles. The average molecular weight is 479 g/mol. The van der Waals surface area contributed by atoms with Gasteiger partial charge in [-0.1, -0.05) is 59.9 Å². The summed E-state index contributed by atoms with van der Waals surface area (Å²) >= 11 is 1.22. The molecule has 1 aromatic heterocycles. The Balaban J connectivity index is 1.33. The maximum atomic E-state index is 13.4. The van der Waals surface area contributed by atoms with Crippen LogP contribution in [0.4, 0.5) is 5.69 Å². The van der Waals surface area contributed by atoms with Gasteiger partial charge in [-0.15, -0.1) is 10.2 Å². The predicted molar refractivity (Wildman–Crippen MR) is 129 cm³/mol. The largest absolute Gasteiger partial charge is 0.320 e. The van der Waals surface area contributed by atoms with E-state index in [-0.39, 0.29) is 16.8 Å². The fraction of sp³-hybridized carbons (Fsp3) is 0.208. The summed E-state index contributed by atoms with van der Waals surface area (Å²) in [6.45, 7) is 0.788. The van der Waals surface area contributed by atoms with E-state index >= 15 is 0 Å². The van der Waals surface area contributed by atoms with E-state index in [0.717, 1.165) is 23.6 Å². The standard InChI is InChI=1S/C24H22N4O3S2/c29-22(25-20-10-2-1-3-11-20)24-27-26-23(32-24)19-9-6-14-28(16-19)33(30,31)21-13-12-17-7-4-5-8-18(17)15-21/h1-5,7-8,10-13,15,19H,6,9,14,16H2,(H,25,29)/t19-/m1/s1. The number of para-hydroxylation sites is 1. The van der Waals surface area contributed by atoms with E-state index in [0.29, 0.717) is 28.7 Å². The van der Waals surface area contributed by atoms with Gasteiger partial charge in [0.15, 0.2) is 0 Å². The van der Waals surface area contributed by atoms with E-state index in [1.807, 2.05) is 48.5 Å². The smallest absolute Gasteiger partial charge is 0.286 e. The highest BCUT2D eigenvalue weighted by molar-refractivity contribution is 7.89. The first-order chi connectivity index (χ1) is 16.0. The van der Waals surface area contributed by atoms with Crippen LogP contribution in [0.5, 0.6) is 0 Å². The highest BCUT2D eigenvalue weighted by Crippen LogP contribution is 2.32. The molecule has 1 aliphatic heterocycles. The monoisotopic (exact) mass is 478 g/mol. The van der Waals surface area contributed by atoms with Crippen LogP contribution in [0.1, 0.15) is 33.6 Å². The molecule has 1 saturated heterocycles. The molecule has 0 radical (unpaired) electrons. The van der Waals surface area contributed by atoms with Crippen LogP contribution >= 0.6 is 11.3 Å². The van der Waals surface area contributed by atoms with Gasteiger partial charge in [0, 0.05) is 24.7 Å². The van der Waals surface area contributed by atoms with Crippen molar-refractivity contribution in [3.05, 3.63) is 82.8 Å². The first kappa shape index (κ1) is 21.7. The van der Waals surface area contributed by atoms with Gasteiger partial charge < -0.3 is 5.32 Å². The molecule has 0 spiro atoms. The summed E-state index contributed by atoms with van der Waals surface area (Å²) in [5.41, 5.74) is 0.685. The normalized spacial score (nSPS) is 17.2. The van der Waals surface area contributed by atoms with Crippen molar-refractivity contribution in [1.29, 1.82) is 0 Å². The van der Waals surface area contributed by atoms with Gasteiger partial charge in [0.05, 0.1) is 4.90 Å². The van der Waals surface area contributed by atoms with Crippen LogP contribution in [0.25, 0.3) is 10.8 Å². The number of benzene rings is 3. The number of hydrogen-bond donors (Lipinski definition) is 1. The molecule has 168 valence electrons. The fourth-order valence-corrected chi connectivity index (χ4v) is 6.46. The lowest BCUT2D eigenvalue weighted by Crippen LogP contribution is -2.39. The molecule has 0 aliphatic carbocycles. The van der Waals surface area contributed by atoms with Crippen molar-refractivity contribution >= 4 is 43.7 Å². The lowest BCUT2D eigenvalue weighted by atomic mass is 10.0. The number of fused-ring (bicyclic) bond motifs is 1. The van der Waals surface area contributed by atoms with Gasteiger partial charge in [-0.3, -0.25) is 4.79 Å². The molecule has 1 atom stereocenters. The van der Waals surface area contributed by atoms with E-state index in [1.54, 1.807) is 24.3 Å². The number of nitrogens with one attached hydrogen (secondary N) is 1. The summed E-state index contributed by atoms with van der Waals surface area (Å²) in [6, 6.07) is 22.1. The van der Waals surface area contributed by atoms with Crippen molar-refractivity contribution in [3.8, 4) is 0 Å². The molecule has 0 bridgehead atoms. The zero-order valence-electron chi connectivity index (χ0n) is 17.7. The molecular formula is C24H22N4O3S2. The summed E-state index contributed by atoms with van der Waals surface area (Å²) < 4.78 is 28.2. The topological polar surface area (TPSA) is 92.3 Å². The Labute approximate surface area is 196 Å². The number of nitrogens with zero attached hydrogens (tertiary/aromatic N) is 3. The van der Waals surface area contributed by atoms with Crippen molar-refractivity contribution in [2.75, 3.05) is 18.4 Å². The van der Waals surface area contributed by atoms with Gasteiger partial charge in [0.2, 0.25) is 15.0 Å². The highest BCUT2D eigenvalue weighted by Gasteiger charge is 2.33. The first-order valence-electron chi connectivity index (χ1n) is 10.7. The molecule has 33 heavy (non-hydrogen) atoms. The van der Waals surface area contributed by atoms with Gasteiger partial charge in [0.1, 0.15) is 5.01 Å². The summed E-state index contributed by atoms with van der Waals surface area (Å²) in [5.74, 6) is -0.411. The van der Waals surface area contributed by atoms with Crippen LogP contribution < -0.4 is 5.32 Å². The quantitative estimate of drug-likeness (QED) is 0.456. The third kappa shape index (κ3) is 4.52. The molecule has 7 nitrogen and oxygen atoms in total. The SMILES string of the molecule is O=C(Nc1ccccc1)c1nnc([C@@H]2CCCN(S(=O)(=O)c3ccc4ccccc4c3)C2)s1. The first-order valence-corrected chi connectivity index (χ1v) is 12.9. The Kier molecular flexibility index (Phi) is 5.92. The molecule has 0 saturated carbocycles. The average Bonchev–Trinajstić information content (AvgIpc) is 3.35. The van der Waals surface area contributed by atoms with Gasteiger partial charge in [-0.2, -0.15) is 4.31 Å². The maximum Gasteiger partial charge on any atom is 0.286 e. The molecule has 3 aromatic carbocycles. The third-order valence-electron chi connectivity index (χ3n) is 5.76. The van der Waals surface area contributed by atoms with Crippen LogP contribution in [-0.2, 0) is 10.0 Å². The molecule has 5 rings (SSSR count). The van der Waals surface area contributed by atoms with Crippen molar-refractivity contribution in [2.24, 2.45) is 0 Å². The molecular weight excluding hydrogens is 456 g/mol. The molecule has 9 heteroatoms. The maximum absolute atomic E-state index is 13.4. The second kappa shape index (κ2) is 9.01. The number of amides is 1. The summed E-state index contributed by atoms with van der Waals surface area (Å²) in [6.07, 6.45) is 1.53. The van der Waals surface area contributed by atoms with Crippen LogP contribution in [-0.4, -0.2) is 41.9 Å². The zero-order valence-corrected chi connectivity index (χ0v) is 19.3. The number of sulfonamides is 1. The number of piperidine rings is 1. The number of rotatable bonds is 5. The minimum Gasteiger partial charge on any atom is -0.320 e. The van der Waals surface area contributed by atoms with Crippen molar-refractivity contribution in [2.45, 2.75) is 23.7 Å². The van der Waals surface area contributed by atoms with Gasteiger partial charge >= 0.3 is 0 Å². The van der Waals surface area contributed by atoms with E-state index in [2.05, 4.69) is 15.5 Å². The Morgan fingerprint density at radius 2 is 1.73 bits per heavy atom. The lowest BCUT2D eigenvalue weighted by molar-refractivity contribution is 0.102. The van der Waals surface area contributed by atoms with Crippen LogP contribution in [0.3, 0.4) is 0 Å². The van der Waals surface area contributed by atoms with Crippen LogP contribution in [0.2, 0.25) is 0 Å². The fourth-order valence-electron chi connectivity index (χ4n) is 4.04. The van der Waals surface area contributed by atoms with Crippen molar-refractivity contribution in [3.63, 3.8) is 0 Å². The summed E-state index contributed by atoms with van der Waals surface area (Å²) in [4.78, 5) is 12.8. The highest BCUT2D eigenvalue weighted by atomic mass is 32.2. The number of aromatic nitrogens is 2. The molecule has 1 amide bonds. The van der Waals surface area contributed by atoms with Crippen molar-refractivity contribution < 1.29 is 13.2 Å². The number of anilines is 1. The summed E-state index contributed by atoms with van der Waals surface area (Å²) in [7, 11) is -3.63. The second-order valence-corrected chi connectivity index (χ2v) is 10.9. The van der Waals surface area contributed by atoms with Gasteiger partial charge in [-0.05, 0) is 47.9 Å².